The van der Waals surface area contributed by atoms with Crippen LogP contribution in [0.1, 0.15) is 27.1 Å². The summed E-state index contributed by atoms with van der Waals surface area (Å²) in [4.78, 5) is 69.1. The van der Waals surface area contributed by atoms with Gasteiger partial charge >= 0.3 is 11.7 Å². The first kappa shape index (κ1) is 36.3. The molecule has 16 nitrogen and oxygen atoms in total. The highest BCUT2D eigenvalue weighted by Crippen LogP contribution is 2.43. The van der Waals surface area contributed by atoms with Gasteiger partial charge in [0, 0.05) is 66.0 Å². The van der Waals surface area contributed by atoms with Crippen LogP contribution in [0.5, 0.6) is 5.75 Å². The van der Waals surface area contributed by atoms with E-state index in [-0.39, 0.29) is 88.1 Å². The molecule has 1 aliphatic heterocycles. The molecule has 0 unspecified atom stereocenters. The van der Waals surface area contributed by atoms with E-state index in [1.807, 2.05) is 6.07 Å². The summed E-state index contributed by atoms with van der Waals surface area (Å²) in [7, 11) is 0. The van der Waals surface area contributed by atoms with Gasteiger partial charge in [-0.05, 0) is 42.0 Å². The standard InChI is InChI=1S/C36H27F2N7O9/c37-24-13-22-29(15-27(24)46)54-30-16-28(47)25(38)14-23(30)32(22)20-7-6-18(35(50)51)12-21(20)34(49)41-9-8-31(48)39-10-11-40-33-26(45(52)53)17-42-36(44-33)43-19-4-2-1-3-5-19/h1-7,12-17,46H,8-11H2,(H,39,48)(H,41,49)(H,50,51)(H2,40,42,43,44). The molecule has 3 aromatic carbocycles. The molecule has 1 aromatic heterocycles. The molecule has 2 amide bonds. The van der Waals surface area contributed by atoms with Crippen LogP contribution in [-0.2, 0) is 4.79 Å². The number of nitrogens with one attached hydrogen (secondary N) is 4. The highest BCUT2D eigenvalue weighted by atomic mass is 19.1. The zero-order valence-corrected chi connectivity index (χ0v) is 27.7. The third-order valence-electron chi connectivity index (χ3n) is 8.00. The second kappa shape index (κ2) is 15.4. The molecule has 2 aliphatic rings. The number of carbonyl (C=O) groups excluding carboxylic acids is 2. The van der Waals surface area contributed by atoms with Gasteiger partial charge in [0.05, 0.1) is 10.5 Å². The molecule has 6 N–H and O–H groups in total. The van der Waals surface area contributed by atoms with Crippen LogP contribution in [0.25, 0.3) is 33.4 Å². The zero-order valence-electron chi connectivity index (χ0n) is 27.7. The van der Waals surface area contributed by atoms with Crippen molar-refractivity contribution < 1.29 is 42.7 Å². The number of rotatable bonds is 13. The van der Waals surface area contributed by atoms with E-state index in [0.29, 0.717) is 5.69 Å². The minimum absolute atomic E-state index is 0.00269. The Labute approximate surface area is 302 Å². The van der Waals surface area contributed by atoms with Crippen LogP contribution in [0, 0.1) is 21.7 Å². The van der Waals surface area contributed by atoms with Gasteiger partial charge in [-0.25, -0.2) is 18.6 Å². The fraction of sp³-hybridized carbons (Fsp3) is 0.111. The molecular formula is C36H27F2N7O9. The van der Waals surface area contributed by atoms with E-state index in [2.05, 4.69) is 31.2 Å². The summed E-state index contributed by atoms with van der Waals surface area (Å²) in [5.74, 6) is -5.91. The maximum Gasteiger partial charge on any atom is 0.335 e. The number of phenolic OH excluding ortho intramolecular Hbond substituents is 1. The predicted octanol–water partition coefficient (Wildman–Crippen LogP) is 5.04. The molecule has 274 valence electrons. The molecular weight excluding hydrogens is 712 g/mol. The van der Waals surface area contributed by atoms with Crippen LogP contribution in [0.2, 0.25) is 0 Å². The Morgan fingerprint density at radius 3 is 2.43 bits per heavy atom. The van der Waals surface area contributed by atoms with Crippen molar-refractivity contribution in [3.05, 3.63) is 122 Å². The maximum atomic E-state index is 14.6. The quantitative estimate of drug-likeness (QED) is 0.0395. The summed E-state index contributed by atoms with van der Waals surface area (Å²) in [6.07, 6.45) is 0.803. The van der Waals surface area contributed by atoms with Gasteiger partial charge in [0.1, 0.15) is 17.5 Å². The summed E-state index contributed by atoms with van der Waals surface area (Å²) in [5, 5.41) is 42.0. The van der Waals surface area contributed by atoms with E-state index in [1.54, 1.807) is 24.3 Å². The van der Waals surface area contributed by atoms with Crippen molar-refractivity contribution in [2.24, 2.45) is 0 Å². The Kier molecular flexibility index (Phi) is 10.3. The number of nitrogens with zero attached hydrogens (tertiary/aromatic N) is 3. The minimum atomic E-state index is -1.38. The van der Waals surface area contributed by atoms with E-state index < -0.39 is 45.5 Å². The van der Waals surface area contributed by atoms with Crippen molar-refractivity contribution in [2.45, 2.75) is 6.42 Å². The number of para-hydroxylation sites is 1. The van der Waals surface area contributed by atoms with Crippen LogP contribution in [-0.4, -0.2) is 62.5 Å². The summed E-state index contributed by atoms with van der Waals surface area (Å²) in [6.45, 7) is -0.194. The molecule has 0 saturated carbocycles. The summed E-state index contributed by atoms with van der Waals surface area (Å²) in [6, 6.07) is 15.9. The number of aromatic nitrogens is 2. The molecule has 6 rings (SSSR count). The Balaban J connectivity index is 1.16. The smallest absolute Gasteiger partial charge is 0.335 e. The SMILES string of the molecule is O=C(CCNC(=O)c1cc(C(=O)O)ccc1-c1c2cc(F)c(=O)cc-2oc2cc(O)c(F)cc12)NCCNc1nc(Nc2ccccc2)ncc1[N+](=O)[O-]. The van der Waals surface area contributed by atoms with Crippen LogP contribution in [0.4, 0.5) is 31.9 Å². The highest BCUT2D eigenvalue weighted by molar-refractivity contribution is 6.10. The Morgan fingerprint density at radius 1 is 0.907 bits per heavy atom. The number of anilines is 3. The van der Waals surface area contributed by atoms with Crippen molar-refractivity contribution >= 4 is 51.9 Å². The number of nitro groups is 1. The van der Waals surface area contributed by atoms with Crippen molar-refractivity contribution in [1.29, 1.82) is 0 Å². The molecule has 0 bridgehead atoms. The number of aromatic hydroxyl groups is 1. The molecule has 54 heavy (non-hydrogen) atoms. The summed E-state index contributed by atoms with van der Waals surface area (Å²) in [5.41, 5.74) is -1.46. The monoisotopic (exact) mass is 739 g/mol. The third kappa shape index (κ3) is 7.86. The fourth-order valence-electron chi connectivity index (χ4n) is 5.48. The zero-order chi connectivity index (χ0) is 38.5. The molecule has 0 fully saturated rings. The predicted molar refractivity (Wildman–Crippen MR) is 190 cm³/mol. The summed E-state index contributed by atoms with van der Waals surface area (Å²) < 4.78 is 34.9. The van der Waals surface area contributed by atoms with Gasteiger partial charge in [-0.1, -0.05) is 24.3 Å². The van der Waals surface area contributed by atoms with Gasteiger partial charge in [0.25, 0.3) is 5.91 Å². The Bertz CT molecular complexity index is 2480. The number of hydrogen-bond acceptors (Lipinski definition) is 12. The van der Waals surface area contributed by atoms with E-state index in [0.717, 1.165) is 36.5 Å². The topological polar surface area (TPSA) is 239 Å². The number of halogens is 2. The van der Waals surface area contributed by atoms with Crippen LogP contribution < -0.4 is 26.7 Å². The molecule has 1 aliphatic carbocycles. The first-order chi connectivity index (χ1) is 25.9. The van der Waals surface area contributed by atoms with Gasteiger partial charge in [-0.15, -0.1) is 0 Å². The van der Waals surface area contributed by atoms with Crippen LogP contribution in [0.15, 0.2) is 88.2 Å². The number of carboxylic acid groups (broad SMARTS) is 1. The van der Waals surface area contributed by atoms with E-state index in [1.165, 1.54) is 12.1 Å². The highest BCUT2D eigenvalue weighted by Gasteiger charge is 2.25. The number of aromatic carboxylic acids is 1. The number of hydrogen-bond donors (Lipinski definition) is 6. The van der Waals surface area contributed by atoms with Gasteiger partial charge in [0.2, 0.25) is 23.1 Å². The minimum Gasteiger partial charge on any atom is -0.505 e. The Morgan fingerprint density at radius 2 is 1.69 bits per heavy atom. The van der Waals surface area contributed by atoms with E-state index in [9.17, 15) is 48.3 Å². The Hall–Kier alpha value is -7.50. The number of carbonyl (C=O) groups is 3. The van der Waals surface area contributed by atoms with Crippen molar-refractivity contribution in [3.8, 4) is 28.2 Å². The molecule has 18 heteroatoms. The molecule has 0 spiro atoms. The average molecular weight is 740 g/mol. The van der Waals surface area contributed by atoms with Crippen LogP contribution >= 0.6 is 0 Å². The van der Waals surface area contributed by atoms with Crippen molar-refractivity contribution in [2.75, 3.05) is 30.3 Å². The number of fused-ring (bicyclic) bond motifs is 2. The number of carboxylic acids is 1. The van der Waals surface area contributed by atoms with Crippen LogP contribution in [0.3, 0.4) is 0 Å². The number of benzene rings is 4. The molecule has 2 heterocycles. The van der Waals surface area contributed by atoms with E-state index in [4.69, 9.17) is 4.42 Å². The summed E-state index contributed by atoms with van der Waals surface area (Å²) >= 11 is 0. The van der Waals surface area contributed by atoms with E-state index >= 15 is 0 Å². The van der Waals surface area contributed by atoms with Gasteiger partial charge < -0.3 is 35.9 Å². The lowest BCUT2D eigenvalue weighted by atomic mass is 9.89. The van der Waals surface area contributed by atoms with Crippen molar-refractivity contribution in [1.82, 2.24) is 20.6 Å². The average Bonchev–Trinajstić information content (AvgIpc) is 3.14. The second-order valence-corrected chi connectivity index (χ2v) is 11.6. The largest absolute Gasteiger partial charge is 0.505 e. The lowest BCUT2D eigenvalue weighted by Crippen LogP contribution is -2.33. The van der Waals surface area contributed by atoms with Gasteiger partial charge in [-0.2, -0.15) is 4.98 Å². The lowest BCUT2D eigenvalue weighted by molar-refractivity contribution is -0.384. The molecule has 0 radical (unpaired) electrons. The fourth-order valence-corrected chi connectivity index (χ4v) is 5.48. The molecule has 4 aromatic rings. The number of phenols is 1. The first-order valence-corrected chi connectivity index (χ1v) is 16.0. The van der Waals surface area contributed by atoms with Crippen molar-refractivity contribution in [3.63, 3.8) is 0 Å². The second-order valence-electron chi connectivity index (χ2n) is 11.6. The number of amides is 2. The molecule has 0 saturated heterocycles. The first-order valence-electron chi connectivity index (χ1n) is 16.0. The third-order valence-corrected chi connectivity index (χ3v) is 8.00. The van der Waals surface area contributed by atoms with Gasteiger partial charge in [0.15, 0.2) is 17.4 Å². The normalized spacial score (nSPS) is 10.9. The van der Waals surface area contributed by atoms with Gasteiger partial charge in [-0.3, -0.25) is 24.5 Å². The molecule has 0 atom stereocenters. The maximum absolute atomic E-state index is 14.6. The lowest BCUT2D eigenvalue weighted by Gasteiger charge is -2.18.